The molecular formula is C19H16N2O3. The molecule has 3 aromatic rings. The number of carbonyl (C=O) groups is 2. The van der Waals surface area contributed by atoms with Crippen molar-refractivity contribution in [3.63, 3.8) is 0 Å². The Bertz CT molecular complexity index is 974. The van der Waals surface area contributed by atoms with Gasteiger partial charge in [0, 0.05) is 23.5 Å². The number of hydrogen-bond acceptors (Lipinski definition) is 3. The van der Waals surface area contributed by atoms with E-state index in [1.807, 2.05) is 30.5 Å². The second-order valence-electron chi connectivity index (χ2n) is 6.08. The predicted octanol–water partition coefficient (Wildman–Crippen LogP) is 3.23. The first-order valence-corrected chi connectivity index (χ1v) is 7.78. The molecule has 1 fully saturated rings. The Labute approximate surface area is 138 Å². The summed E-state index contributed by atoms with van der Waals surface area (Å²) in [7, 11) is 0. The van der Waals surface area contributed by atoms with Crippen LogP contribution in [0.15, 0.2) is 48.7 Å². The Kier molecular flexibility index (Phi) is 3.16. The molecule has 1 aliphatic heterocycles. The highest BCUT2D eigenvalue weighted by atomic mass is 16.3. The first kappa shape index (κ1) is 14.5. The summed E-state index contributed by atoms with van der Waals surface area (Å²) in [6.45, 7) is 1.77. The number of aromatic amines is 1. The molecule has 0 bridgehead atoms. The normalized spacial score (nSPS) is 17.9. The van der Waals surface area contributed by atoms with E-state index in [9.17, 15) is 14.7 Å². The molecule has 4 rings (SSSR count). The summed E-state index contributed by atoms with van der Waals surface area (Å²) in [4.78, 5) is 29.8. The third kappa shape index (κ3) is 2.09. The minimum absolute atomic E-state index is 0.114. The van der Waals surface area contributed by atoms with E-state index in [1.165, 1.54) is 11.0 Å². The molecule has 120 valence electrons. The first-order valence-electron chi connectivity index (χ1n) is 7.78. The number of fused-ring (bicyclic) bond motifs is 1. The van der Waals surface area contributed by atoms with Crippen molar-refractivity contribution >= 4 is 28.4 Å². The van der Waals surface area contributed by atoms with Gasteiger partial charge in [0.25, 0.3) is 0 Å². The highest BCUT2D eigenvalue weighted by Crippen LogP contribution is 2.37. The van der Waals surface area contributed by atoms with Gasteiger partial charge >= 0.3 is 0 Å². The fraction of sp³-hybridized carbons (Fsp3) is 0.158. The molecule has 1 unspecified atom stereocenters. The Morgan fingerprint density at radius 1 is 1.17 bits per heavy atom. The van der Waals surface area contributed by atoms with Gasteiger partial charge in [-0.3, -0.25) is 9.59 Å². The Morgan fingerprint density at radius 3 is 2.75 bits per heavy atom. The van der Waals surface area contributed by atoms with E-state index in [2.05, 4.69) is 4.98 Å². The van der Waals surface area contributed by atoms with E-state index in [1.54, 1.807) is 19.1 Å². The molecule has 1 atom stereocenters. The number of aromatic nitrogens is 1. The SMILES string of the molecule is Cc1cc(O)ccc1N1C(=O)CC(c2c[nH]c3ccccc23)C1=O. The molecular weight excluding hydrogens is 304 g/mol. The third-order valence-corrected chi connectivity index (χ3v) is 4.56. The fourth-order valence-corrected chi connectivity index (χ4v) is 3.40. The highest BCUT2D eigenvalue weighted by molar-refractivity contribution is 6.23. The summed E-state index contributed by atoms with van der Waals surface area (Å²) in [5.41, 5.74) is 3.02. The number of aromatic hydroxyl groups is 1. The van der Waals surface area contributed by atoms with Crippen LogP contribution in [-0.2, 0) is 9.59 Å². The van der Waals surface area contributed by atoms with Gasteiger partial charge in [-0.25, -0.2) is 4.90 Å². The second kappa shape index (κ2) is 5.23. The highest BCUT2D eigenvalue weighted by Gasteiger charge is 2.41. The van der Waals surface area contributed by atoms with Gasteiger partial charge in [0.2, 0.25) is 11.8 Å². The maximum absolute atomic E-state index is 12.9. The zero-order chi connectivity index (χ0) is 16.8. The number of hydrogen-bond donors (Lipinski definition) is 2. The van der Waals surface area contributed by atoms with E-state index in [4.69, 9.17) is 0 Å². The van der Waals surface area contributed by atoms with Crippen LogP contribution >= 0.6 is 0 Å². The number of nitrogens with zero attached hydrogens (tertiary/aromatic N) is 1. The van der Waals surface area contributed by atoms with E-state index in [0.29, 0.717) is 11.3 Å². The molecule has 2 aromatic carbocycles. The lowest BCUT2D eigenvalue weighted by atomic mass is 9.97. The van der Waals surface area contributed by atoms with Crippen LogP contribution in [-0.4, -0.2) is 21.9 Å². The van der Waals surface area contributed by atoms with Gasteiger partial charge in [-0.1, -0.05) is 18.2 Å². The lowest BCUT2D eigenvalue weighted by molar-refractivity contribution is -0.121. The molecule has 2 heterocycles. The van der Waals surface area contributed by atoms with Crippen molar-refractivity contribution in [2.75, 3.05) is 4.90 Å². The van der Waals surface area contributed by atoms with Crippen molar-refractivity contribution in [3.8, 4) is 5.75 Å². The number of H-pyrrole nitrogens is 1. The molecule has 0 saturated carbocycles. The average molecular weight is 320 g/mol. The summed E-state index contributed by atoms with van der Waals surface area (Å²) in [5.74, 6) is -0.812. The van der Waals surface area contributed by atoms with Crippen molar-refractivity contribution in [2.45, 2.75) is 19.3 Å². The third-order valence-electron chi connectivity index (χ3n) is 4.56. The minimum Gasteiger partial charge on any atom is -0.508 e. The van der Waals surface area contributed by atoms with Crippen molar-refractivity contribution in [2.24, 2.45) is 0 Å². The van der Waals surface area contributed by atoms with Gasteiger partial charge < -0.3 is 10.1 Å². The van der Waals surface area contributed by atoms with Crippen LogP contribution < -0.4 is 4.90 Å². The first-order chi connectivity index (χ1) is 11.6. The number of aryl methyl sites for hydroxylation is 1. The number of phenolic OH excluding ortho intramolecular Hbond substituents is 1. The van der Waals surface area contributed by atoms with Crippen LogP contribution in [0.1, 0.15) is 23.5 Å². The molecule has 1 aromatic heterocycles. The van der Waals surface area contributed by atoms with E-state index in [0.717, 1.165) is 16.5 Å². The van der Waals surface area contributed by atoms with Crippen molar-refractivity contribution in [1.82, 2.24) is 4.98 Å². The number of carbonyl (C=O) groups excluding carboxylic acids is 2. The van der Waals surface area contributed by atoms with Gasteiger partial charge in [0.05, 0.1) is 11.6 Å². The lowest BCUT2D eigenvalue weighted by Crippen LogP contribution is -2.30. The lowest BCUT2D eigenvalue weighted by Gasteiger charge is -2.17. The minimum atomic E-state index is -0.484. The smallest absolute Gasteiger partial charge is 0.241 e. The molecule has 1 saturated heterocycles. The van der Waals surface area contributed by atoms with E-state index in [-0.39, 0.29) is 24.0 Å². The van der Waals surface area contributed by atoms with Gasteiger partial charge in [-0.05, 0) is 42.3 Å². The van der Waals surface area contributed by atoms with E-state index < -0.39 is 5.92 Å². The summed E-state index contributed by atoms with van der Waals surface area (Å²) in [6.07, 6.45) is 1.97. The van der Waals surface area contributed by atoms with Crippen LogP contribution in [0.5, 0.6) is 5.75 Å². The average Bonchev–Trinajstić information content (AvgIpc) is 3.10. The maximum atomic E-state index is 12.9. The number of benzene rings is 2. The van der Waals surface area contributed by atoms with Crippen LogP contribution in [0.25, 0.3) is 10.9 Å². The number of imide groups is 1. The number of phenols is 1. The number of anilines is 1. The molecule has 2 amide bonds. The van der Waals surface area contributed by atoms with Crippen molar-refractivity contribution in [3.05, 3.63) is 59.8 Å². The Morgan fingerprint density at radius 2 is 1.96 bits per heavy atom. The Hall–Kier alpha value is -3.08. The number of rotatable bonds is 2. The van der Waals surface area contributed by atoms with Gasteiger partial charge in [-0.15, -0.1) is 0 Å². The van der Waals surface area contributed by atoms with Gasteiger partial charge in [-0.2, -0.15) is 0 Å². The predicted molar refractivity (Wildman–Crippen MR) is 91.0 cm³/mol. The number of nitrogens with one attached hydrogen (secondary N) is 1. The summed E-state index contributed by atoms with van der Waals surface area (Å²) < 4.78 is 0. The largest absolute Gasteiger partial charge is 0.508 e. The summed E-state index contributed by atoms with van der Waals surface area (Å²) >= 11 is 0. The van der Waals surface area contributed by atoms with Crippen LogP contribution in [0.4, 0.5) is 5.69 Å². The second-order valence-corrected chi connectivity index (χ2v) is 6.08. The van der Waals surface area contributed by atoms with Crippen LogP contribution in [0, 0.1) is 6.92 Å². The van der Waals surface area contributed by atoms with E-state index >= 15 is 0 Å². The quantitative estimate of drug-likeness (QED) is 0.712. The molecule has 24 heavy (non-hydrogen) atoms. The molecule has 0 aliphatic carbocycles. The molecule has 5 heteroatoms. The Balaban J connectivity index is 1.76. The number of amides is 2. The zero-order valence-corrected chi connectivity index (χ0v) is 13.1. The topological polar surface area (TPSA) is 73.4 Å². The number of para-hydroxylation sites is 1. The fourth-order valence-electron chi connectivity index (χ4n) is 3.40. The molecule has 0 radical (unpaired) electrons. The molecule has 1 aliphatic rings. The monoisotopic (exact) mass is 320 g/mol. The molecule has 5 nitrogen and oxygen atoms in total. The van der Waals surface area contributed by atoms with Crippen molar-refractivity contribution < 1.29 is 14.7 Å². The maximum Gasteiger partial charge on any atom is 0.241 e. The van der Waals surface area contributed by atoms with Crippen molar-refractivity contribution in [1.29, 1.82) is 0 Å². The molecule has 0 spiro atoms. The van der Waals surface area contributed by atoms with Crippen LogP contribution in [0.2, 0.25) is 0 Å². The summed E-state index contributed by atoms with van der Waals surface area (Å²) in [5, 5.41) is 10.5. The standard InChI is InChI=1S/C19H16N2O3/c1-11-8-12(22)6-7-17(11)21-18(23)9-14(19(21)24)15-10-20-16-5-3-2-4-13(15)16/h2-8,10,14,20,22H,9H2,1H3. The van der Waals surface area contributed by atoms with Crippen LogP contribution in [0.3, 0.4) is 0 Å². The van der Waals surface area contributed by atoms with Gasteiger partial charge in [0.15, 0.2) is 0 Å². The van der Waals surface area contributed by atoms with Gasteiger partial charge in [0.1, 0.15) is 5.75 Å². The zero-order valence-electron chi connectivity index (χ0n) is 13.1. The molecule has 2 N–H and O–H groups in total. The summed E-state index contributed by atoms with van der Waals surface area (Å²) in [6, 6.07) is 12.4.